The van der Waals surface area contributed by atoms with Gasteiger partial charge in [0.25, 0.3) is 5.56 Å². The molecule has 0 saturated carbocycles. The first-order chi connectivity index (χ1) is 20.0. The first-order valence-corrected chi connectivity index (χ1v) is 14.4. The number of nitrogens with two attached hydrogens (primary N) is 2. The van der Waals surface area contributed by atoms with Crippen LogP contribution in [-0.4, -0.2) is 81.2 Å². The van der Waals surface area contributed by atoms with Gasteiger partial charge in [0, 0.05) is 0 Å². The van der Waals surface area contributed by atoms with Crippen LogP contribution in [0.4, 0.5) is 20.5 Å². The number of hydrogen-bond donors (Lipinski definition) is 4. The number of nitrogen functional groups attached to an aromatic ring is 2. The molecule has 2 bridgehead atoms. The summed E-state index contributed by atoms with van der Waals surface area (Å²) in [6.45, 7) is 0.897. The summed E-state index contributed by atoms with van der Waals surface area (Å²) < 4.78 is 68.9. The molecule has 0 aromatic carbocycles. The van der Waals surface area contributed by atoms with Crippen LogP contribution in [0.5, 0.6) is 0 Å². The standard InChI is InChI=1S/C22H27F2N10O7P/c1-9(33-7-29-14-17(25)27-6-28-18(14)33)39-12-5-38-42(36,37)41-16-13(24)11(4-2-3-10(12)23)40-21(16)34-8-30-15-19(34)31-22(26)32-20(15)35/h6-13,16,21H,2-5H2,1H3,(H,36,37)(H2,25,27,28)(H3,26,31,32,35)/t9-,10-,11-,12-,13-,16-,21-/m1/s1. The molecule has 8 atom stereocenters. The molecule has 2 aliphatic heterocycles. The highest BCUT2D eigenvalue weighted by molar-refractivity contribution is 7.47. The van der Waals surface area contributed by atoms with Crippen LogP contribution in [0.15, 0.2) is 23.8 Å². The summed E-state index contributed by atoms with van der Waals surface area (Å²) in [7, 11) is -5.02. The summed E-state index contributed by atoms with van der Waals surface area (Å²) in [6.07, 6.45) is -6.04. The van der Waals surface area contributed by atoms with Gasteiger partial charge < -0.3 is 25.8 Å². The average Bonchev–Trinajstić information content (AvgIpc) is 3.63. The van der Waals surface area contributed by atoms with Crippen LogP contribution in [0, 0.1) is 0 Å². The van der Waals surface area contributed by atoms with E-state index in [1.807, 2.05) is 0 Å². The fraction of sp³-hybridized carbons (Fsp3) is 0.545. The van der Waals surface area contributed by atoms with Gasteiger partial charge in [0.1, 0.15) is 36.5 Å². The molecule has 6 heterocycles. The second kappa shape index (κ2) is 10.9. The number of H-pyrrole nitrogens is 1. The molecule has 2 fully saturated rings. The third-order valence-electron chi connectivity index (χ3n) is 7.17. The first-order valence-electron chi connectivity index (χ1n) is 12.9. The number of aromatic amines is 1. The molecule has 0 amide bonds. The summed E-state index contributed by atoms with van der Waals surface area (Å²) in [5, 5.41) is 0. The van der Waals surface area contributed by atoms with Crippen molar-refractivity contribution >= 4 is 41.9 Å². The van der Waals surface area contributed by atoms with Crippen molar-refractivity contribution in [1.29, 1.82) is 0 Å². The molecule has 1 unspecified atom stereocenters. The SMILES string of the molecule is C[C@@H](O[C@@H]1COP(=O)(O)O[C@@H]2[C@H](F)[C@@H](CCC[C@H]1F)O[C@H]2n1cnc2c(=O)[nH]c(N)nc21)n1cnc2c(N)ncnc21. The number of imidazole rings is 2. The normalized spacial score (nSPS) is 31.6. The van der Waals surface area contributed by atoms with Gasteiger partial charge in [-0.1, -0.05) is 0 Å². The Morgan fingerprint density at radius 1 is 1.17 bits per heavy atom. The van der Waals surface area contributed by atoms with Crippen LogP contribution in [0.3, 0.4) is 0 Å². The van der Waals surface area contributed by atoms with Crippen LogP contribution in [0.1, 0.15) is 38.6 Å². The monoisotopic (exact) mass is 612 g/mol. The van der Waals surface area contributed by atoms with E-state index in [1.165, 1.54) is 21.8 Å². The van der Waals surface area contributed by atoms with Crippen molar-refractivity contribution in [2.24, 2.45) is 0 Å². The summed E-state index contributed by atoms with van der Waals surface area (Å²) in [6, 6.07) is 0. The third-order valence-corrected chi connectivity index (χ3v) is 8.15. The molecule has 42 heavy (non-hydrogen) atoms. The molecule has 0 radical (unpaired) electrons. The highest BCUT2D eigenvalue weighted by Crippen LogP contribution is 2.51. The highest BCUT2D eigenvalue weighted by Gasteiger charge is 2.51. The minimum Gasteiger partial charge on any atom is -0.382 e. The van der Waals surface area contributed by atoms with Crippen molar-refractivity contribution < 1.29 is 36.8 Å². The molecule has 20 heteroatoms. The van der Waals surface area contributed by atoms with Gasteiger partial charge in [-0.3, -0.25) is 28.0 Å². The number of halogens is 2. The lowest BCUT2D eigenvalue weighted by Crippen LogP contribution is -2.35. The summed E-state index contributed by atoms with van der Waals surface area (Å²) >= 11 is 0. The lowest BCUT2D eigenvalue weighted by molar-refractivity contribution is -0.0991. The minimum absolute atomic E-state index is 0.0436. The number of anilines is 2. The van der Waals surface area contributed by atoms with Crippen LogP contribution in [-0.2, 0) is 23.1 Å². The number of phosphoric acid groups is 1. The topological polar surface area (TPSA) is 233 Å². The Morgan fingerprint density at radius 2 is 1.95 bits per heavy atom. The molecule has 6 rings (SSSR count). The molecule has 17 nitrogen and oxygen atoms in total. The zero-order valence-corrected chi connectivity index (χ0v) is 22.9. The van der Waals surface area contributed by atoms with Gasteiger partial charge in [-0.2, -0.15) is 4.98 Å². The zero-order valence-electron chi connectivity index (χ0n) is 22.0. The van der Waals surface area contributed by atoms with Gasteiger partial charge >= 0.3 is 7.82 Å². The first kappa shape index (κ1) is 28.5. The van der Waals surface area contributed by atoms with Crippen LogP contribution in [0.2, 0.25) is 0 Å². The maximum atomic E-state index is 15.6. The fourth-order valence-electron chi connectivity index (χ4n) is 5.13. The Balaban J connectivity index is 1.25. The van der Waals surface area contributed by atoms with Gasteiger partial charge in [0.2, 0.25) is 5.95 Å². The number of fused-ring (bicyclic) bond motifs is 4. The van der Waals surface area contributed by atoms with Crippen molar-refractivity contribution in [3.63, 3.8) is 0 Å². The number of nitrogens with one attached hydrogen (secondary N) is 1. The molecular weight excluding hydrogens is 585 g/mol. The Hall–Kier alpha value is -3.61. The lowest BCUT2D eigenvalue weighted by atomic mass is 10.0. The Morgan fingerprint density at radius 3 is 2.76 bits per heavy atom. The molecule has 0 aliphatic carbocycles. The van der Waals surface area contributed by atoms with Crippen molar-refractivity contribution in [3.8, 4) is 0 Å². The Labute approximate surface area is 234 Å². The molecule has 4 aromatic heterocycles. The largest absolute Gasteiger partial charge is 0.472 e. The quantitative estimate of drug-likeness (QED) is 0.238. The van der Waals surface area contributed by atoms with Crippen molar-refractivity contribution in [2.75, 3.05) is 18.1 Å². The smallest absolute Gasteiger partial charge is 0.382 e. The molecule has 6 N–H and O–H groups in total. The number of hydrogen-bond acceptors (Lipinski definition) is 13. The molecule has 2 saturated heterocycles. The number of nitrogens with zero attached hydrogens (tertiary/aromatic N) is 7. The van der Waals surface area contributed by atoms with Gasteiger partial charge in [-0.25, -0.2) is 33.3 Å². The molecule has 0 spiro atoms. The van der Waals surface area contributed by atoms with E-state index >= 15 is 8.78 Å². The van der Waals surface area contributed by atoms with E-state index < -0.39 is 63.1 Å². The Kier molecular flexibility index (Phi) is 7.40. The molecule has 226 valence electrons. The van der Waals surface area contributed by atoms with E-state index in [4.69, 9.17) is 30.0 Å². The predicted octanol–water partition coefficient (Wildman–Crippen LogP) is 1.29. The maximum absolute atomic E-state index is 15.6. The van der Waals surface area contributed by atoms with E-state index in [1.54, 1.807) is 6.92 Å². The van der Waals surface area contributed by atoms with Crippen LogP contribution >= 0.6 is 7.82 Å². The number of aromatic nitrogens is 8. The number of alkyl halides is 2. The maximum Gasteiger partial charge on any atom is 0.472 e. The molecular formula is C22H27F2N10O7P. The van der Waals surface area contributed by atoms with Gasteiger partial charge in [-0.05, 0) is 26.2 Å². The second-order valence-corrected chi connectivity index (χ2v) is 11.3. The summed E-state index contributed by atoms with van der Waals surface area (Å²) in [4.78, 5) is 45.3. The van der Waals surface area contributed by atoms with Crippen molar-refractivity contribution in [1.82, 2.24) is 39.0 Å². The number of ether oxygens (including phenoxy) is 2. The summed E-state index contributed by atoms with van der Waals surface area (Å²) in [5.41, 5.74) is 11.4. The second-order valence-electron chi connectivity index (χ2n) is 9.92. The zero-order chi connectivity index (χ0) is 29.8. The predicted molar refractivity (Wildman–Crippen MR) is 140 cm³/mol. The van der Waals surface area contributed by atoms with Crippen LogP contribution < -0.4 is 17.0 Å². The van der Waals surface area contributed by atoms with Gasteiger partial charge in [0.15, 0.2) is 35.0 Å². The third kappa shape index (κ3) is 5.23. The number of phosphoric ester groups is 1. The van der Waals surface area contributed by atoms with Crippen LogP contribution in [0.25, 0.3) is 22.3 Å². The lowest BCUT2D eigenvalue weighted by Gasteiger charge is -2.28. The number of rotatable bonds is 4. The Bertz CT molecular complexity index is 1720. The summed E-state index contributed by atoms with van der Waals surface area (Å²) in [5.74, 6) is -0.0768. The van der Waals surface area contributed by atoms with E-state index in [9.17, 15) is 14.3 Å². The van der Waals surface area contributed by atoms with Gasteiger partial charge in [0.05, 0.1) is 25.4 Å². The fourth-order valence-corrected chi connectivity index (χ4v) is 6.05. The molecule has 2 aliphatic rings. The van der Waals surface area contributed by atoms with Crippen molar-refractivity contribution in [3.05, 3.63) is 29.3 Å². The van der Waals surface area contributed by atoms with E-state index in [0.29, 0.717) is 11.2 Å². The average molecular weight is 612 g/mol. The van der Waals surface area contributed by atoms with Gasteiger partial charge in [-0.15, -0.1) is 0 Å². The van der Waals surface area contributed by atoms with Crippen molar-refractivity contribution in [2.45, 2.75) is 69.3 Å². The highest BCUT2D eigenvalue weighted by atomic mass is 31.2. The molecule has 4 aromatic rings. The van der Waals surface area contributed by atoms with E-state index in [-0.39, 0.29) is 42.2 Å². The minimum atomic E-state index is -5.02. The van der Waals surface area contributed by atoms with E-state index in [2.05, 4.69) is 29.9 Å². The van der Waals surface area contributed by atoms with E-state index in [0.717, 1.165) is 6.33 Å².